The largest absolute Gasteiger partial charge is 0.348 e. The van der Waals surface area contributed by atoms with Crippen molar-refractivity contribution in [1.82, 2.24) is 5.32 Å². The minimum atomic E-state index is 0.0388. The van der Waals surface area contributed by atoms with Crippen LogP contribution in [0.3, 0.4) is 0 Å². The molecule has 0 aromatic heterocycles. The van der Waals surface area contributed by atoms with E-state index < -0.39 is 0 Å². The first-order chi connectivity index (χ1) is 7.77. The van der Waals surface area contributed by atoms with E-state index in [4.69, 9.17) is 0 Å². The smallest absolute Gasteiger partial charge is 0.251 e. The molecule has 2 atom stereocenters. The molecule has 0 heterocycles. The lowest BCUT2D eigenvalue weighted by atomic mass is 9.95. The highest BCUT2D eigenvalue weighted by Crippen LogP contribution is 2.24. The van der Waals surface area contributed by atoms with Gasteiger partial charge in [-0.2, -0.15) is 0 Å². The summed E-state index contributed by atoms with van der Waals surface area (Å²) < 4.78 is 0. The van der Waals surface area contributed by atoms with E-state index in [1.807, 2.05) is 30.3 Å². The first-order valence-electron chi connectivity index (χ1n) is 5.77. The Bertz CT molecular complexity index is 352. The fourth-order valence-electron chi connectivity index (χ4n) is 2.09. The summed E-state index contributed by atoms with van der Waals surface area (Å²) in [4.78, 5) is 12.4. The van der Waals surface area contributed by atoms with Gasteiger partial charge in [-0.1, -0.05) is 47.0 Å². The van der Waals surface area contributed by atoms with Gasteiger partial charge >= 0.3 is 0 Å². The number of benzene rings is 1. The van der Waals surface area contributed by atoms with Crippen molar-refractivity contribution in [2.75, 3.05) is 0 Å². The molecule has 0 bridgehead atoms. The molecule has 0 saturated heterocycles. The van der Waals surface area contributed by atoms with Crippen molar-refractivity contribution >= 4 is 21.8 Å². The SMILES string of the molecule is O=C(NC1CCCCC1Br)c1ccccc1. The highest BCUT2D eigenvalue weighted by Gasteiger charge is 2.24. The van der Waals surface area contributed by atoms with Gasteiger partial charge in [-0.05, 0) is 25.0 Å². The van der Waals surface area contributed by atoms with Crippen LogP contribution in [0.4, 0.5) is 0 Å². The van der Waals surface area contributed by atoms with Gasteiger partial charge in [0.15, 0.2) is 0 Å². The van der Waals surface area contributed by atoms with Crippen LogP contribution in [-0.4, -0.2) is 16.8 Å². The molecule has 1 saturated carbocycles. The predicted molar refractivity (Wildman–Crippen MR) is 68.9 cm³/mol. The molecule has 1 aliphatic carbocycles. The molecule has 2 nitrogen and oxygen atoms in total. The summed E-state index contributed by atoms with van der Waals surface area (Å²) in [5.74, 6) is 0.0388. The van der Waals surface area contributed by atoms with Crippen LogP contribution in [0.15, 0.2) is 30.3 Å². The summed E-state index contributed by atoms with van der Waals surface area (Å²) in [5, 5.41) is 3.10. The monoisotopic (exact) mass is 281 g/mol. The molecular formula is C13H16BrNO. The van der Waals surface area contributed by atoms with E-state index in [0.717, 1.165) is 18.4 Å². The molecule has 2 rings (SSSR count). The summed E-state index contributed by atoms with van der Waals surface area (Å²) in [6, 6.07) is 9.68. The fourth-order valence-corrected chi connectivity index (χ4v) is 2.81. The Morgan fingerprint density at radius 3 is 2.56 bits per heavy atom. The average Bonchev–Trinajstić information content (AvgIpc) is 2.33. The van der Waals surface area contributed by atoms with Crippen LogP contribution in [-0.2, 0) is 0 Å². The van der Waals surface area contributed by atoms with Crippen molar-refractivity contribution in [2.45, 2.75) is 36.6 Å². The van der Waals surface area contributed by atoms with Gasteiger partial charge in [-0.25, -0.2) is 0 Å². The van der Waals surface area contributed by atoms with Crippen LogP contribution in [0.5, 0.6) is 0 Å². The Kier molecular flexibility index (Phi) is 3.99. The Morgan fingerprint density at radius 1 is 1.19 bits per heavy atom. The molecule has 0 spiro atoms. The maximum atomic E-state index is 11.9. The van der Waals surface area contributed by atoms with Crippen LogP contribution < -0.4 is 5.32 Å². The second-order valence-corrected chi connectivity index (χ2v) is 5.42. The number of nitrogens with one attached hydrogen (secondary N) is 1. The van der Waals surface area contributed by atoms with E-state index in [1.165, 1.54) is 12.8 Å². The third-order valence-corrected chi connectivity index (χ3v) is 4.13. The zero-order valence-corrected chi connectivity index (χ0v) is 10.7. The van der Waals surface area contributed by atoms with E-state index in [9.17, 15) is 4.79 Å². The van der Waals surface area contributed by atoms with E-state index in [2.05, 4.69) is 21.2 Å². The predicted octanol–water partition coefficient (Wildman–Crippen LogP) is 3.12. The molecule has 1 aromatic rings. The highest BCUT2D eigenvalue weighted by atomic mass is 79.9. The van der Waals surface area contributed by atoms with Crippen LogP contribution in [0.1, 0.15) is 36.0 Å². The van der Waals surface area contributed by atoms with Gasteiger partial charge in [-0.3, -0.25) is 4.79 Å². The second-order valence-electron chi connectivity index (χ2n) is 4.25. The number of hydrogen-bond acceptors (Lipinski definition) is 1. The van der Waals surface area contributed by atoms with E-state index in [0.29, 0.717) is 4.83 Å². The van der Waals surface area contributed by atoms with Crippen molar-refractivity contribution in [3.05, 3.63) is 35.9 Å². The lowest BCUT2D eigenvalue weighted by Crippen LogP contribution is -2.42. The summed E-state index contributed by atoms with van der Waals surface area (Å²) in [7, 11) is 0. The number of amides is 1. The third-order valence-electron chi connectivity index (χ3n) is 3.03. The lowest BCUT2D eigenvalue weighted by Gasteiger charge is -2.28. The number of hydrogen-bond donors (Lipinski definition) is 1. The van der Waals surface area contributed by atoms with Crippen molar-refractivity contribution in [1.29, 1.82) is 0 Å². The normalized spacial score (nSPS) is 25.1. The molecule has 1 aromatic carbocycles. The van der Waals surface area contributed by atoms with Gasteiger partial charge in [0.05, 0.1) is 0 Å². The van der Waals surface area contributed by atoms with Crippen molar-refractivity contribution in [3.8, 4) is 0 Å². The molecule has 16 heavy (non-hydrogen) atoms. The van der Waals surface area contributed by atoms with Gasteiger partial charge in [0.2, 0.25) is 0 Å². The van der Waals surface area contributed by atoms with Crippen LogP contribution in [0, 0.1) is 0 Å². The first kappa shape index (κ1) is 11.6. The quantitative estimate of drug-likeness (QED) is 0.830. The fraction of sp³-hybridized carbons (Fsp3) is 0.462. The number of alkyl halides is 1. The summed E-state index contributed by atoms with van der Waals surface area (Å²) in [6.45, 7) is 0. The molecule has 0 radical (unpaired) electrons. The Morgan fingerprint density at radius 2 is 1.88 bits per heavy atom. The Balaban J connectivity index is 1.96. The highest BCUT2D eigenvalue weighted by molar-refractivity contribution is 9.09. The molecule has 86 valence electrons. The van der Waals surface area contributed by atoms with E-state index in [1.54, 1.807) is 0 Å². The molecule has 1 amide bonds. The molecular weight excluding hydrogens is 266 g/mol. The third kappa shape index (κ3) is 2.85. The minimum Gasteiger partial charge on any atom is -0.348 e. The number of rotatable bonds is 2. The van der Waals surface area contributed by atoms with Crippen molar-refractivity contribution < 1.29 is 4.79 Å². The molecule has 0 aliphatic heterocycles. The topological polar surface area (TPSA) is 29.1 Å². The van der Waals surface area contributed by atoms with E-state index >= 15 is 0 Å². The van der Waals surface area contributed by atoms with Gasteiger partial charge in [0.25, 0.3) is 5.91 Å². The molecule has 1 aliphatic rings. The Hall–Kier alpha value is -0.830. The number of carbonyl (C=O) groups is 1. The van der Waals surface area contributed by atoms with Gasteiger partial charge < -0.3 is 5.32 Å². The van der Waals surface area contributed by atoms with Crippen molar-refractivity contribution in [2.24, 2.45) is 0 Å². The number of halogens is 1. The average molecular weight is 282 g/mol. The summed E-state index contributed by atoms with van der Waals surface area (Å²) >= 11 is 3.64. The summed E-state index contributed by atoms with van der Waals surface area (Å²) in [6.07, 6.45) is 4.70. The lowest BCUT2D eigenvalue weighted by molar-refractivity contribution is 0.0930. The molecule has 1 fully saturated rings. The maximum Gasteiger partial charge on any atom is 0.251 e. The summed E-state index contributed by atoms with van der Waals surface area (Å²) in [5.41, 5.74) is 0.743. The van der Waals surface area contributed by atoms with Gasteiger partial charge in [0, 0.05) is 16.4 Å². The molecule has 3 heteroatoms. The minimum absolute atomic E-state index is 0.0388. The molecule has 1 N–H and O–H groups in total. The first-order valence-corrected chi connectivity index (χ1v) is 6.69. The second kappa shape index (κ2) is 5.48. The van der Waals surface area contributed by atoms with Crippen LogP contribution in [0.2, 0.25) is 0 Å². The van der Waals surface area contributed by atoms with Gasteiger partial charge in [-0.15, -0.1) is 0 Å². The maximum absolute atomic E-state index is 11.9. The van der Waals surface area contributed by atoms with E-state index in [-0.39, 0.29) is 11.9 Å². The molecule has 2 unspecified atom stereocenters. The zero-order valence-electron chi connectivity index (χ0n) is 9.16. The van der Waals surface area contributed by atoms with Gasteiger partial charge in [0.1, 0.15) is 0 Å². The van der Waals surface area contributed by atoms with Crippen LogP contribution in [0.25, 0.3) is 0 Å². The number of carbonyl (C=O) groups excluding carboxylic acids is 1. The van der Waals surface area contributed by atoms with Crippen LogP contribution >= 0.6 is 15.9 Å². The zero-order chi connectivity index (χ0) is 11.4. The Labute approximate surface area is 105 Å². The standard InChI is InChI=1S/C13H16BrNO/c14-11-8-4-5-9-12(11)15-13(16)10-6-2-1-3-7-10/h1-3,6-7,11-12H,4-5,8-9H2,(H,15,16). The van der Waals surface area contributed by atoms with Crippen molar-refractivity contribution in [3.63, 3.8) is 0 Å².